The van der Waals surface area contributed by atoms with Crippen LogP contribution in [0.1, 0.15) is 21.7 Å². The second-order valence-electron chi connectivity index (χ2n) is 4.00. The maximum absolute atomic E-state index is 8.65. The molecule has 3 N–H and O–H groups in total. The Morgan fingerprint density at radius 2 is 2.21 bits per heavy atom. The van der Waals surface area contributed by atoms with E-state index in [1.165, 1.54) is 5.56 Å². The first kappa shape index (κ1) is 13.8. The second-order valence-corrected chi connectivity index (χ2v) is 6.41. The first-order valence-corrected chi connectivity index (χ1v) is 7.40. The van der Waals surface area contributed by atoms with Gasteiger partial charge >= 0.3 is 0 Å². The molecule has 0 atom stereocenters. The van der Waals surface area contributed by atoms with Crippen LogP contribution in [0.5, 0.6) is 0 Å². The number of thioether (sulfide) groups is 1. The molecule has 0 fully saturated rings. The zero-order chi connectivity index (χ0) is 13.8. The van der Waals surface area contributed by atoms with Crippen LogP contribution < -0.4 is 5.73 Å². The molecule has 0 aliphatic heterocycles. The summed E-state index contributed by atoms with van der Waals surface area (Å²) in [7, 11) is 0. The van der Waals surface area contributed by atoms with Gasteiger partial charge in [-0.2, -0.15) is 0 Å². The van der Waals surface area contributed by atoms with Gasteiger partial charge in [0.15, 0.2) is 10.2 Å². The highest BCUT2D eigenvalue weighted by Gasteiger charge is 2.06. The monoisotopic (exact) mass is 294 g/mol. The van der Waals surface area contributed by atoms with Crippen molar-refractivity contribution in [3.63, 3.8) is 0 Å². The molecule has 1 aromatic carbocycles. The quantitative estimate of drug-likeness (QED) is 0.298. The Bertz CT molecular complexity index is 610. The highest BCUT2D eigenvalue weighted by Crippen LogP contribution is 2.27. The fourth-order valence-electron chi connectivity index (χ4n) is 1.55. The molecule has 0 aliphatic carbocycles. The molecular weight excluding hydrogens is 280 g/mol. The van der Waals surface area contributed by atoms with Gasteiger partial charge in [0, 0.05) is 11.3 Å². The summed E-state index contributed by atoms with van der Waals surface area (Å²) < 4.78 is 0.970. The topological polar surface area (TPSA) is 84.4 Å². The number of amidine groups is 1. The molecule has 0 saturated heterocycles. The Labute approximate surface area is 119 Å². The zero-order valence-electron chi connectivity index (χ0n) is 10.6. The molecule has 0 saturated carbocycles. The third-order valence-corrected chi connectivity index (χ3v) is 4.63. The Kier molecular flexibility index (Phi) is 4.39. The summed E-state index contributed by atoms with van der Waals surface area (Å²) in [5, 5.41) is 20.7. The van der Waals surface area contributed by atoms with Gasteiger partial charge in [0.2, 0.25) is 0 Å². The number of rotatable bonds is 4. The van der Waals surface area contributed by atoms with Gasteiger partial charge in [0.25, 0.3) is 0 Å². The Balaban J connectivity index is 2.09. The van der Waals surface area contributed by atoms with Crippen molar-refractivity contribution >= 4 is 28.9 Å². The van der Waals surface area contributed by atoms with Gasteiger partial charge in [-0.05, 0) is 31.0 Å². The smallest absolute Gasteiger partial charge is 0.174 e. The van der Waals surface area contributed by atoms with E-state index in [4.69, 9.17) is 10.9 Å². The lowest BCUT2D eigenvalue weighted by Crippen LogP contribution is -2.13. The molecular formula is C12H14N4OS2. The molecule has 19 heavy (non-hydrogen) atoms. The number of nitrogens with two attached hydrogens (primary N) is 1. The maximum Gasteiger partial charge on any atom is 0.174 e. The summed E-state index contributed by atoms with van der Waals surface area (Å²) >= 11 is 3.26. The van der Waals surface area contributed by atoms with Crippen molar-refractivity contribution in [3.05, 3.63) is 39.9 Å². The number of nitrogens with zero attached hydrogens (tertiary/aromatic N) is 3. The number of benzene rings is 1. The van der Waals surface area contributed by atoms with Crippen LogP contribution in [0.25, 0.3) is 0 Å². The lowest BCUT2D eigenvalue weighted by atomic mass is 10.1. The number of aromatic nitrogens is 2. The molecule has 0 unspecified atom stereocenters. The van der Waals surface area contributed by atoms with E-state index in [0.717, 1.165) is 26.2 Å². The van der Waals surface area contributed by atoms with Gasteiger partial charge in [0.1, 0.15) is 5.01 Å². The highest BCUT2D eigenvalue weighted by atomic mass is 32.2. The SMILES string of the molecule is Cc1nnc(SCc2ccc(/C(N)=N/O)cc2C)s1. The normalized spacial score (nSPS) is 11.8. The molecule has 1 aromatic heterocycles. The minimum absolute atomic E-state index is 0.127. The number of aryl methyl sites for hydroxylation is 2. The molecule has 2 aromatic rings. The van der Waals surface area contributed by atoms with Crippen LogP contribution in [0, 0.1) is 13.8 Å². The summed E-state index contributed by atoms with van der Waals surface area (Å²) in [5.74, 6) is 0.957. The number of oxime groups is 1. The van der Waals surface area contributed by atoms with E-state index < -0.39 is 0 Å². The van der Waals surface area contributed by atoms with Crippen molar-refractivity contribution in [2.24, 2.45) is 10.9 Å². The molecule has 1 heterocycles. The molecule has 100 valence electrons. The van der Waals surface area contributed by atoms with Crippen LogP contribution in [0.15, 0.2) is 27.7 Å². The largest absolute Gasteiger partial charge is 0.409 e. The van der Waals surface area contributed by atoms with Gasteiger partial charge in [-0.3, -0.25) is 0 Å². The average Bonchev–Trinajstić information content (AvgIpc) is 2.82. The molecule has 0 spiro atoms. The molecule has 0 bridgehead atoms. The zero-order valence-corrected chi connectivity index (χ0v) is 12.3. The predicted octanol–water partition coefficient (Wildman–Crippen LogP) is 2.54. The van der Waals surface area contributed by atoms with E-state index in [-0.39, 0.29) is 5.84 Å². The lowest BCUT2D eigenvalue weighted by Gasteiger charge is -2.06. The number of hydrogen-bond acceptors (Lipinski definition) is 6. The molecule has 0 aliphatic rings. The van der Waals surface area contributed by atoms with Crippen molar-refractivity contribution < 1.29 is 5.21 Å². The molecule has 5 nitrogen and oxygen atoms in total. The molecule has 2 rings (SSSR count). The van der Waals surface area contributed by atoms with Crippen LogP contribution in [-0.2, 0) is 5.75 Å². The maximum atomic E-state index is 8.65. The van der Waals surface area contributed by atoms with Crippen molar-refractivity contribution in [3.8, 4) is 0 Å². The summed E-state index contributed by atoms with van der Waals surface area (Å²) in [6.45, 7) is 3.95. The van der Waals surface area contributed by atoms with Crippen molar-refractivity contribution in [2.45, 2.75) is 23.9 Å². The van der Waals surface area contributed by atoms with Crippen molar-refractivity contribution in [1.82, 2.24) is 10.2 Å². The minimum Gasteiger partial charge on any atom is -0.409 e. The Morgan fingerprint density at radius 3 is 2.79 bits per heavy atom. The minimum atomic E-state index is 0.127. The van der Waals surface area contributed by atoms with E-state index >= 15 is 0 Å². The van der Waals surface area contributed by atoms with Gasteiger partial charge < -0.3 is 10.9 Å². The Hall–Kier alpha value is -1.60. The molecule has 0 amide bonds. The van der Waals surface area contributed by atoms with Gasteiger partial charge in [-0.15, -0.1) is 10.2 Å². The fraction of sp³-hybridized carbons (Fsp3) is 0.250. The fourth-order valence-corrected chi connectivity index (χ4v) is 3.44. The second kappa shape index (κ2) is 6.03. The first-order chi connectivity index (χ1) is 9.10. The summed E-state index contributed by atoms with van der Waals surface area (Å²) in [6, 6.07) is 5.75. The van der Waals surface area contributed by atoms with E-state index in [1.54, 1.807) is 23.1 Å². The van der Waals surface area contributed by atoms with Gasteiger partial charge in [0.05, 0.1) is 0 Å². The third-order valence-electron chi connectivity index (χ3n) is 2.60. The van der Waals surface area contributed by atoms with E-state index in [0.29, 0.717) is 0 Å². The first-order valence-electron chi connectivity index (χ1n) is 5.60. The van der Waals surface area contributed by atoms with Gasteiger partial charge in [-0.1, -0.05) is 40.4 Å². The van der Waals surface area contributed by atoms with Crippen LogP contribution in [-0.4, -0.2) is 21.2 Å². The van der Waals surface area contributed by atoms with Crippen LogP contribution >= 0.6 is 23.1 Å². The molecule has 0 radical (unpaired) electrons. The summed E-state index contributed by atoms with van der Waals surface area (Å²) in [4.78, 5) is 0. The average molecular weight is 294 g/mol. The highest BCUT2D eigenvalue weighted by molar-refractivity contribution is 8.00. The summed E-state index contributed by atoms with van der Waals surface area (Å²) in [6.07, 6.45) is 0. The molecule has 7 heteroatoms. The van der Waals surface area contributed by atoms with Gasteiger partial charge in [-0.25, -0.2) is 0 Å². The van der Waals surface area contributed by atoms with E-state index in [2.05, 4.69) is 15.4 Å². The Morgan fingerprint density at radius 1 is 1.42 bits per heavy atom. The van der Waals surface area contributed by atoms with Crippen LogP contribution in [0.2, 0.25) is 0 Å². The van der Waals surface area contributed by atoms with E-state index in [9.17, 15) is 0 Å². The van der Waals surface area contributed by atoms with E-state index in [1.807, 2.05) is 32.0 Å². The number of hydrogen-bond donors (Lipinski definition) is 2. The van der Waals surface area contributed by atoms with Crippen LogP contribution in [0.3, 0.4) is 0 Å². The summed E-state index contributed by atoms with van der Waals surface area (Å²) in [5.41, 5.74) is 8.59. The van der Waals surface area contributed by atoms with Crippen LogP contribution in [0.4, 0.5) is 0 Å². The predicted molar refractivity (Wildman–Crippen MR) is 77.9 cm³/mol. The third kappa shape index (κ3) is 3.45. The standard InChI is InChI=1S/C12H14N4OS2/c1-7-5-9(11(13)16-17)3-4-10(7)6-18-12-15-14-8(2)19-12/h3-5,17H,6H2,1-2H3,(H2,13,16). The van der Waals surface area contributed by atoms with Crippen molar-refractivity contribution in [2.75, 3.05) is 0 Å². The van der Waals surface area contributed by atoms with Crippen molar-refractivity contribution in [1.29, 1.82) is 0 Å². The lowest BCUT2D eigenvalue weighted by molar-refractivity contribution is 0.318.